The Balaban J connectivity index is 1.34. The second kappa shape index (κ2) is 8.43. The fourth-order valence-electron chi connectivity index (χ4n) is 2.92. The fraction of sp³-hybridized carbons (Fsp3) is 0.389. The summed E-state index contributed by atoms with van der Waals surface area (Å²) in [5, 5.41) is 12.0. The van der Waals surface area contributed by atoms with Crippen LogP contribution < -0.4 is 10.2 Å². The minimum atomic E-state index is -1.06. The summed E-state index contributed by atoms with van der Waals surface area (Å²) < 4.78 is 0. The first-order valence-electron chi connectivity index (χ1n) is 8.54. The van der Waals surface area contributed by atoms with Crippen LogP contribution in [0.5, 0.6) is 0 Å². The van der Waals surface area contributed by atoms with Gasteiger partial charge in [0.05, 0.1) is 12.4 Å². The van der Waals surface area contributed by atoms with Crippen molar-refractivity contribution in [3.8, 4) is 0 Å². The molecule has 0 saturated carbocycles. The quantitative estimate of drug-likeness (QED) is 0.743. The number of aromatic carboxylic acids is 1. The topological polar surface area (TPSA) is 81.6 Å². The minimum absolute atomic E-state index is 0.0400. The predicted molar refractivity (Wildman–Crippen MR) is 97.2 cm³/mol. The van der Waals surface area contributed by atoms with Gasteiger partial charge in [0.2, 0.25) is 0 Å². The number of piperazine rings is 1. The van der Waals surface area contributed by atoms with Gasteiger partial charge in [-0.1, -0.05) is 18.2 Å². The maximum absolute atomic E-state index is 10.7. The van der Waals surface area contributed by atoms with Crippen molar-refractivity contribution in [1.82, 2.24) is 14.9 Å². The zero-order valence-corrected chi connectivity index (χ0v) is 14.1. The maximum Gasteiger partial charge on any atom is 0.356 e. The van der Waals surface area contributed by atoms with E-state index in [4.69, 9.17) is 5.11 Å². The lowest BCUT2D eigenvalue weighted by molar-refractivity contribution is 0.0690. The first-order chi connectivity index (χ1) is 12.2. The van der Waals surface area contributed by atoms with Gasteiger partial charge in [0.1, 0.15) is 5.82 Å². The third-order valence-electron chi connectivity index (χ3n) is 4.32. The molecule has 0 amide bonds. The Morgan fingerprint density at radius 1 is 1.08 bits per heavy atom. The van der Waals surface area contributed by atoms with Crippen LogP contribution in [0.25, 0.3) is 0 Å². The van der Waals surface area contributed by atoms with Crippen molar-refractivity contribution in [2.24, 2.45) is 0 Å². The number of anilines is 2. The molecule has 1 saturated heterocycles. The number of aromatic nitrogens is 2. The lowest BCUT2D eigenvalue weighted by atomic mass is 10.2. The van der Waals surface area contributed by atoms with E-state index in [2.05, 4.69) is 49.4 Å². The Hall–Kier alpha value is -2.67. The molecule has 1 fully saturated rings. The Morgan fingerprint density at radius 3 is 2.48 bits per heavy atom. The molecule has 1 aliphatic heterocycles. The van der Waals surface area contributed by atoms with Crippen LogP contribution in [0.2, 0.25) is 0 Å². The zero-order valence-electron chi connectivity index (χ0n) is 14.1. The number of nitrogens with one attached hydrogen (secondary N) is 1. The summed E-state index contributed by atoms with van der Waals surface area (Å²) in [4.78, 5) is 23.5. The van der Waals surface area contributed by atoms with Crippen LogP contribution >= 0.6 is 0 Å². The average Bonchev–Trinajstić information content (AvgIpc) is 2.67. The third-order valence-corrected chi connectivity index (χ3v) is 4.32. The number of carboxylic acids is 1. The average molecular weight is 341 g/mol. The molecule has 0 bridgehead atoms. The van der Waals surface area contributed by atoms with E-state index < -0.39 is 5.97 Å². The molecule has 0 atom stereocenters. The first kappa shape index (κ1) is 17.2. The van der Waals surface area contributed by atoms with E-state index in [0.29, 0.717) is 5.82 Å². The largest absolute Gasteiger partial charge is 0.476 e. The summed E-state index contributed by atoms with van der Waals surface area (Å²) in [7, 11) is 0. The van der Waals surface area contributed by atoms with Gasteiger partial charge in [-0.2, -0.15) is 0 Å². The van der Waals surface area contributed by atoms with Gasteiger partial charge in [0, 0.05) is 38.4 Å². The van der Waals surface area contributed by atoms with Crippen LogP contribution in [-0.2, 0) is 0 Å². The maximum atomic E-state index is 10.7. The SMILES string of the molecule is O=C(O)c1cnc(NCCCN2CCN(c3ccccc3)CC2)cn1. The van der Waals surface area contributed by atoms with E-state index in [9.17, 15) is 4.79 Å². The van der Waals surface area contributed by atoms with E-state index in [1.807, 2.05) is 6.07 Å². The van der Waals surface area contributed by atoms with Gasteiger partial charge in [-0.05, 0) is 25.1 Å². The predicted octanol–water partition coefficient (Wildman–Crippen LogP) is 1.80. The number of nitrogens with zero attached hydrogens (tertiary/aromatic N) is 4. The summed E-state index contributed by atoms with van der Waals surface area (Å²) in [6.45, 7) is 6.08. The van der Waals surface area contributed by atoms with Crippen LogP contribution in [0.4, 0.5) is 11.5 Å². The minimum Gasteiger partial charge on any atom is -0.476 e. The molecule has 2 aromatic rings. The van der Waals surface area contributed by atoms with Crippen molar-refractivity contribution in [3.63, 3.8) is 0 Å². The molecule has 132 valence electrons. The van der Waals surface area contributed by atoms with Gasteiger partial charge in [0.15, 0.2) is 5.69 Å². The van der Waals surface area contributed by atoms with E-state index in [-0.39, 0.29) is 5.69 Å². The molecule has 7 nitrogen and oxygen atoms in total. The van der Waals surface area contributed by atoms with Crippen LogP contribution in [0, 0.1) is 0 Å². The highest BCUT2D eigenvalue weighted by Gasteiger charge is 2.16. The standard InChI is InChI=1S/C18H23N5O2/c24-18(25)16-13-21-17(14-20-16)19-7-4-8-22-9-11-23(12-10-22)15-5-2-1-3-6-15/h1-3,5-6,13-14H,4,7-12H2,(H,19,21)(H,24,25). The summed E-state index contributed by atoms with van der Waals surface area (Å²) in [5.41, 5.74) is 1.26. The fourth-order valence-corrected chi connectivity index (χ4v) is 2.92. The van der Waals surface area contributed by atoms with Gasteiger partial charge in [0.25, 0.3) is 0 Å². The molecule has 2 N–H and O–H groups in total. The molecule has 1 aromatic heterocycles. The smallest absolute Gasteiger partial charge is 0.356 e. The van der Waals surface area contributed by atoms with Gasteiger partial charge < -0.3 is 15.3 Å². The molecule has 2 heterocycles. The Labute approximate surface area is 147 Å². The molecule has 0 spiro atoms. The van der Waals surface area contributed by atoms with Crippen molar-refractivity contribution >= 4 is 17.5 Å². The van der Waals surface area contributed by atoms with Gasteiger partial charge >= 0.3 is 5.97 Å². The van der Waals surface area contributed by atoms with Crippen LogP contribution in [0.3, 0.4) is 0 Å². The van der Waals surface area contributed by atoms with E-state index in [1.165, 1.54) is 18.1 Å². The number of hydrogen-bond donors (Lipinski definition) is 2. The number of benzene rings is 1. The van der Waals surface area contributed by atoms with Crippen molar-refractivity contribution in [3.05, 3.63) is 48.4 Å². The Kier molecular flexibility index (Phi) is 5.79. The number of carbonyl (C=O) groups is 1. The van der Waals surface area contributed by atoms with Gasteiger partial charge in [-0.25, -0.2) is 14.8 Å². The number of carboxylic acid groups (broad SMARTS) is 1. The lowest BCUT2D eigenvalue weighted by Crippen LogP contribution is -2.46. The van der Waals surface area contributed by atoms with E-state index >= 15 is 0 Å². The molecule has 3 rings (SSSR count). The zero-order chi connectivity index (χ0) is 17.5. The van der Waals surface area contributed by atoms with Crippen LogP contribution in [0.1, 0.15) is 16.9 Å². The van der Waals surface area contributed by atoms with Crippen LogP contribution in [0.15, 0.2) is 42.7 Å². The number of para-hydroxylation sites is 1. The normalized spacial score (nSPS) is 15.1. The Morgan fingerprint density at radius 2 is 1.84 bits per heavy atom. The highest BCUT2D eigenvalue weighted by atomic mass is 16.4. The molecular formula is C18H23N5O2. The van der Waals surface area contributed by atoms with Crippen molar-refractivity contribution in [1.29, 1.82) is 0 Å². The second-order valence-electron chi connectivity index (χ2n) is 6.04. The molecule has 0 aliphatic carbocycles. The summed E-state index contributed by atoms with van der Waals surface area (Å²) in [5.74, 6) is -0.451. The molecule has 0 radical (unpaired) electrons. The summed E-state index contributed by atoms with van der Waals surface area (Å²) in [6, 6.07) is 10.5. The summed E-state index contributed by atoms with van der Waals surface area (Å²) in [6.07, 6.45) is 3.74. The summed E-state index contributed by atoms with van der Waals surface area (Å²) >= 11 is 0. The van der Waals surface area contributed by atoms with Gasteiger partial charge in [-0.15, -0.1) is 0 Å². The van der Waals surface area contributed by atoms with E-state index in [0.717, 1.165) is 45.7 Å². The molecule has 1 aromatic carbocycles. The number of rotatable bonds is 7. The van der Waals surface area contributed by atoms with Crippen LogP contribution in [-0.4, -0.2) is 65.2 Å². The first-order valence-corrected chi connectivity index (χ1v) is 8.54. The van der Waals surface area contributed by atoms with E-state index in [1.54, 1.807) is 0 Å². The molecule has 7 heteroatoms. The highest BCUT2D eigenvalue weighted by molar-refractivity contribution is 5.84. The molecule has 1 aliphatic rings. The highest BCUT2D eigenvalue weighted by Crippen LogP contribution is 2.15. The Bertz CT molecular complexity index is 670. The van der Waals surface area contributed by atoms with Gasteiger partial charge in [-0.3, -0.25) is 4.90 Å². The lowest BCUT2D eigenvalue weighted by Gasteiger charge is -2.36. The van der Waals surface area contributed by atoms with Crippen molar-refractivity contribution in [2.45, 2.75) is 6.42 Å². The second-order valence-corrected chi connectivity index (χ2v) is 6.04. The monoisotopic (exact) mass is 341 g/mol. The molecular weight excluding hydrogens is 318 g/mol. The third kappa shape index (κ3) is 4.90. The van der Waals surface area contributed by atoms with Crippen molar-refractivity contribution < 1.29 is 9.90 Å². The number of hydrogen-bond acceptors (Lipinski definition) is 6. The molecule has 25 heavy (non-hydrogen) atoms. The van der Waals surface area contributed by atoms with Crippen molar-refractivity contribution in [2.75, 3.05) is 49.5 Å². The molecule has 0 unspecified atom stereocenters.